The zero-order chi connectivity index (χ0) is 37.4. The fraction of sp³-hybridized carbons (Fsp3) is 0.344. The van der Waals surface area contributed by atoms with Crippen LogP contribution in [0, 0.1) is 87.3 Å². The van der Waals surface area contributed by atoms with Crippen LogP contribution < -0.4 is 4.90 Å². The summed E-state index contributed by atoms with van der Waals surface area (Å²) in [4.78, 5) is 5.83. The average Bonchev–Trinajstić information content (AvgIpc) is 3.63. The van der Waals surface area contributed by atoms with Crippen molar-refractivity contribution in [3.63, 3.8) is 0 Å². The molecule has 4 rings (SSSR count). The zero-order valence-electron chi connectivity index (χ0n) is 25.8. The first-order valence-corrected chi connectivity index (χ1v) is 14.9. The van der Waals surface area contributed by atoms with Crippen molar-refractivity contribution in [1.82, 2.24) is 9.97 Å². The highest BCUT2D eigenvalue weighted by molar-refractivity contribution is 5.79. The third kappa shape index (κ3) is 8.31. The van der Waals surface area contributed by atoms with Crippen molar-refractivity contribution in [3.8, 4) is 0 Å². The molecule has 0 bridgehead atoms. The molecule has 0 unspecified atom stereocenters. The SMILES string of the molecule is CCCCCCCCCCCc1ncc[nH]1.Fc1c(F)c(F)c(N(c2c(F)c(F)c(F)c(F)c2F)c2c(F)c(F)c(F)c(F)c2F)c(F)c1F. The first kappa shape index (κ1) is 40.1. The monoisotopic (exact) mass is 737 g/mol. The van der Waals surface area contributed by atoms with E-state index in [0.29, 0.717) is 0 Å². The molecule has 50 heavy (non-hydrogen) atoms. The molecule has 0 fully saturated rings. The number of unbranched alkanes of at least 4 members (excludes halogenated alkanes) is 8. The Balaban J connectivity index is 0.000000354. The zero-order valence-corrected chi connectivity index (χ0v) is 25.8. The van der Waals surface area contributed by atoms with Gasteiger partial charge in [0.1, 0.15) is 22.9 Å². The summed E-state index contributed by atoms with van der Waals surface area (Å²) < 4.78 is 208. The molecule has 3 aromatic carbocycles. The molecule has 3 nitrogen and oxygen atoms in total. The number of aromatic nitrogens is 2. The Morgan fingerprint density at radius 2 is 0.700 bits per heavy atom. The standard InChI is InChI=1S/C18F15N.C14H26N2/c19-1-4(22)10(28)16(11(29)5(1)23)34(17-12(30)6(24)2(20)7(25)13(17)31)18-14(32)8(26)3(21)9(27)15(18)33;1-2-3-4-5-6-7-8-9-10-11-14-15-12-13-16-14/h;12-13H,2-11H2,1H3,(H,15,16). The molecule has 1 aromatic heterocycles. The quantitative estimate of drug-likeness (QED) is 0.0641. The highest BCUT2D eigenvalue weighted by atomic mass is 19.2. The summed E-state index contributed by atoms with van der Waals surface area (Å²) >= 11 is 0. The summed E-state index contributed by atoms with van der Waals surface area (Å²) in [6.45, 7) is 2.27. The number of H-pyrrole nitrogens is 1. The van der Waals surface area contributed by atoms with Crippen molar-refractivity contribution in [1.29, 1.82) is 0 Å². The molecule has 0 saturated carbocycles. The van der Waals surface area contributed by atoms with E-state index in [1.807, 2.05) is 12.4 Å². The van der Waals surface area contributed by atoms with Crippen LogP contribution >= 0.6 is 0 Å². The van der Waals surface area contributed by atoms with E-state index in [0.717, 1.165) is 12.2 Å². The van der Waals surface area contributed by atoms with Crippen molar-refractivity contribution < 1.29 is 65.9 Å². The minimum Gasteiger partial charge on any atom is -0.349 e. The molecule has 0 aliphatic rings. The third-order valence-electron chi connectivity index (χ3n) is 7.30. The van der Waals surface area contributed by atoms with Gasteiger partial charge in [-0.1, -0.05) is 58.3 Å². The van der Waals surface area contributed by atoms with Crippen LogP contribution in [0.3, 0.4) is 0 Å². The van der Waals surface area contributed by atoms with Gasteiger partial charge in [0.25, 0.3) is 0 Å². The van der Waals surface area contributed by atoms with E-state index in [-0.39, 0.29) is 0 Å². The molecular formula is C32H26F15N3. The van der Waals surface area contributed by atoms with Crippen molar-refractivity contribution >= 4 is 17.1 Å². The smallest absolute Gasteiger partial charge is 0.200 e. The average molecular weight is 738 g/mol. The largest absolute Gasteiger partial charge is 0.349 e. The number of rotatable bonds is 13. The topological polar surface area (TPSA) is 31.9 Å². The lowest BCUT2D eigenvalue weighted by atomic mass is 10.1. The molecule has 4 aromatic rings. The predicted molar refractivity (Wildman–Crippen MR) is 150 cm³/mol. The number of hydrogen-bond acceptors (Lipinski definition) is 2. The molecular weight excluding hydrogens is 711 g/mol. The fourth-order valence-electron chi connectivity index (χ4n) is 4.74. The summed E-state index contributed by atoms with van der Waals surface area (Å²) in [7, 11) is 0. The van der Waals surface area contributed by atoms with Gasteiger partial charge in [-0.15, -0.1) is 0 Å². The van der Waals surface area contributed by atoms with Gasteiger partial charge in [-0.05, 0) is 6.42 Å². The normalized spacial score (nSPS) is 11.2. The minimum atomic E-state index is -3.12. The number of benzene rings is 3. The lowest BCUT2D eigenvalue weighted by Crippen LogP contribution is -2.24. The molecule has 0 aliphatic heterocycles. The van der Waals surface area contributed by atoms with Crippen LogP contribution in [-0.4, -0.2) is 9.97 Å². The predicted octanol–water partition coefficient (Wildman–Crippen LogP) is 11.7. The second-order valence-corrected chi connectivity index (χ2v) is 10.7. The molecule has 0 radical (unpaired) electrons. The molecule has 0 saturated heterocycles. The Hall–Kier alpha value is -4.38. The van der Waals surface area contributed by atoms with Crippen LogP contribution in [0.2, 0.25) is 0 Å². The van der Waals surface area contributed by atoms with Crippen LogP contribution in [0.25, 0.3) is 0 Å². The summed E-state index contributed by atoms with van der Waals surface area (Å²) in [6.07, 6.45) is 17.4. The number of hydrogen-bond donors (Lipinski definition) is 1. The van der Waals surface area contributed by atoms with Gasteiger partial charge in [-0.25, -0.2) is 70.8 Å². The summed E-state index contributed by atoms with van der Waals surface area (Å²) in [6, 6.07) is 0. The fourth-order valence-corrected chi connectivity index (χ4v) is 4.74. The van der Waals surface area contributed by atoms with E-state index < -0.39 is 109 Å². The Labute approximate surface area is 274 Å². The Morgan fingerprint density at radius 3 is 0.980 bits per heavy atom. The molecule has 18 heteroatoms. The maximum Gasteiger partial charge on any atom is 0.200 e. The molecule has 0 atom stereocenters. The second-order valence-electron chi connectivity index (χ2n) is 10.7. The van der Waals surface area contributed by atoms with Crippen LogP contribution in [0.5, 0.6) is 0 Å². The van der Waals surface area contributed by atoms with Crippen LogP contribution in [-0.2, 0) is 6.42 Å². The van der Waals surface area contributed by atoms with Gasteiger partial charge < -0.3 is 4.98 Å². The maximum atomic E-state index is 14.3. The van der Waals surface area contributed by atoms with Gasteiger partial charge in [0.15, 0.2) is 69.8 Å². The number of halogens is 15. The van der Waals surface area contributed by atoms with E-state index in [9.17, 15) is 65.9 Å². The Kier molecular flexibility index (Phi) is 14.0. The lowest BCUT2D eigenvalue weighted by molar-refractivity contribution is 0.369. The first-order valence-electron chi connectivity index (χ1n) is 14.9. The van der Waals surface area contributed by atoms with E-state index >= 15 is 0 Å². The number of aromatic amines is 1. The third-order valence-corrected chi connectivity index (χ3v) is 7.30. The minimum absolute atomic E-state index is 1.11. The van der Waals surface area contributed by atoms with Gasteiger partial charge in [-0.3, -0.25) is 4.90 Å². The van der Waals surface area contributed by atoms with Crippen molar-refractivity contribution in [2.24, 2.45) is 0 Å². The van der Waals surface area contributed by atoms with Crippen molar-refractivity contribution in [2.75, 3.05) is 4.90 Å². The highest BCUT2D eigenvalue weighted by Gasteiger charge is 2.41. The molecule has 1 N–H and O–H groups in total. The van der Waals surface area contributed by atoms with E-state index in [1.54, 1.807) is 0 Å². The lowest BCUT2D eigenvalue weighted by Gasteiger charge is -2.28. The van der Waals surface area contributed by atoms with E-state index in [2.05, 4.69) is 16.9 Å². The van der Waals surface area contributed by atoms with Gasteiger partial charge >= 0.3 is 0 Å². The van der Waals surface area contributed by atoms with Crippen molar-refractivity contribution in [3.05, 3.63) is 105 Å². The number of imidazole rings is 1. The summed E-state index contributed by atoms with van der Waals surface area (Å²) in [5.74, 6) is -44.9. The number of nitrogens with one attached hydrogen (secondary N) is 1. The molecule has 0 aliphatic carbocycles. The first-order chi connectivity index (χ1) is 23.6. The highest BCUT2D eigenvalue weighted by Crippen LogP contribution is 2.46. The van der Waals surface area contributed by atoms with Gasteiger partial charge in [0.2, 0.25) is 17.5 Å². The maximum absolute atomic E-state index is 14.3. The van der Waals surface area contributed by atoms with Crippen molar-refractivity contribution in [2.45, 2.75) is 71.1 Å². The van der Waals surface area contributed by atoms with Gasteiger partial charge in [-0.2, -0.15) is 0 Å². The van der Waals surface area contributed by atoms with Crippen LogP contribution in [0.1, 0.15) is 70.5 Å². The summed E-state index contributed by atoms with van der Waals surface area (Å²) in [5.41, 5.74) is -8.53. The van der Waals surface area contributed by atoms with Crippen LogP contribution in [0.4, 0.5) is 82.9 Å². The second kappa shape index (κ2) is 17.5. The van der Waals surface area contributed by atoms with E-state index in [1.165, 1.54) is 57.8 Å². The summed E-state index contributed by atoms with van der Waals surface area (Å²) in [5, 5.41) is 0. The number of anilines is 3. The molecule has 0 spiro atoms. The Morgan fingerprint density at radius 1 is 0.420 bits per heavy atom. The number of nitrogens with zero attached hydrogens (tertiary/aromatic N) is 2. The van der Waals surface area contributed by atoms with E-state index in [4.69, 9.17) is 0 Å². The van der Waals surface area contributed by atoms with Gasteiger partial charge in [0.05, 0.1) is 0 Å². The molecule has 274 valence electrons. The van der Waals surface area contributed by atoms with Gasteiger partial charge in [0, 0.05) is 18.8 Å². The molecule has 1 heterocycles. The molecule has 0 amide bonds. The number of aryl methyl sites for hydroxylation is 1. The van der Waals surface area contributed by atoms with Crippen LogP contribution in [0.15, 0.2) is 12.4 Å². The Bertz CT molecular complexity index is 1540.